The van der Waals surface area contributed by atoms with Crippen LogP contribution in [0.2, 0.25) is 0 Å². The van der Waals surface area contributed by atoms with E-state index in [0.717, 1.165) is 0 Å². The van der Waals surface area contributed by atoms with Crippen molar-refractivity contribution in [1.29, 1.82) is 0 Å². The summed E-state index contributed by atoms with van der Waals surface area (Å²) in [5, 5.41) is 0. The Hall–Kier alpha value is -2.92. The third-order valence-electron chi connectivity index (χ3n) is 3.57. The van der Waals surface area contributed by atoms with E-state index in [1.165, 1.54) is 12.1 Å². The maximum Gasteiger partial charge on any atom is 0.257 e. The Labute approximate surface area is 144 Å². The number of alkyl halides is 2. The van der Waals surface area contributed by atoms with Crippen molar-refractivity contribution >= 4 is 0 Å². The van der Waals surface area contributed by atoms with E-state index in [9.17, 15) is 8.78 Å². The summed E-state index contributed by atoms with van der Waals surface area (Å²) in [4.78, 5) is 0. The molecule has 3 aromatic carbocycles. The third kappa shape index (κ3) is 4.33. The highest BCUT2D eigenvalue weighted by Crippen LogP contribution is 2.37. The number of halogens is 2. The highest BCUT2D eigenvalue weighted by Gasteiger charge is 2.20. The van der Waals surface area contributed by atoms with Gasteiger partial charge in [-0.1, -0.05) is 42.5 Å². The molecule has 1 atom stereocenters. The van der Waals surface area contributed by atoms with Gasteiger partial charge in [0, 0.05) is 0 Å². The lowest BCUT2D eigenvalue weighted by molar-refractivity contribution is 0.116. The second kappa shape index (κ2) is 7.77. The topological polar surface area (TPSA) is 44.5 Å². The fraction of sp³-hybridized carbons (Fsp3) is 0.100. The van der Waals surface area contributed by atoms with E-state index in [4.69, 9.17) is 15.2 Å². The fourth-order valence-electron chi connectivity index (χ4n) is 2.27. The molecule has 0 heterocycles. The Balaban J connectivity index is 1.95. The van der Waals surface area contributed by atoms with Crippen molar-refractivity contribution < 1.29 is 18.3 Å². The molecule has 0 aliphatic carbocycles. The van der Waals surface area contributed by atoms with Crippen molar-refractivity contribution in [2.24, 2.45) is 5.73 Å². The molecule has 3 nitrogen and oxygen atoms in total. The Morgan fingerprint density at radius 3 is 1.72 bits per heavy atom. The van der Waals surface area contributed by atoms with E-state index >= 15 is 0 Å². The molecule has 0 aromatic heterocycles. The summed E-state index contributed by atoms with van der Waals surface area (Å²) in [6.45, 7) is 0. The van der Waals surface area contributed by atoms with Gasteiger partial charge in [-0.15, -0.1) is 0 Å². The first-order valence-corrected chi connectivity index (χ1v) is 7.77. The molecule has 3 aromatic rings. The number of benzene rings is 3. The van der Waals surface area contributed by atoms with Crippen LogP contribution >= 0.6 is 0 Å². The SMILES string of the molecule is N[C@@H](c1ccc(Oc2ccccc2)c(Oc2ccccc2)c1)C(F)F. The molecule has 0 fully saturated rings. The average molecular weight is 341 g/mol. The molecule has 3 rings (SSSR count). The zero-order valence-corrected chi connectivity index (χ0v) is 13.3. The predicted octanol–water partition coefficient (Wildman–Crippen LogP) is 5.54. The molecule has 0 saturated heterocycles. The quantitative estimate of drug-likeness (QED) is 0.640. The van der Waals surface area contributed by atoms with Crippen molar-refractivity contribution in [2.45, 2.75) is 12.5 Å². The van der Waals surface area contributed by atoms with Crippen LogP contribution in [0.3, 0.4) is 0 Å². The lowest BCUT2D eigenvalue weighted by Crippen LogP contribution is -2.18. The van der Waals surface area contributed by atoms with E-state index in [2.05, 4.69) is 0 Å². The summed E-state index contributed by atoms with van der Waals surface area (Å²) >= 11 is 0. The number of hydrogen-bond acceptors (Lipinski definition) is 3. The predicted molar refractivity (Wildman–Crippen MR) is 92.4 cm³/mol. The molecule has 2 N–H and O–H groups in total. The van der Waals surface area contributed by atoms with Gasteiger partial charge in [0.05, 0.1) is 6.04 Å². The molecule has 0 saturated carbocycles. The molecule has 0 amide bonds. The summed E-state index contributed by atoms with van der Waals surface area (Å²) in [5.41, 5.74) is 5.84. The Morgan fingerprint density at radius 2 is 1.20 bits per heavy atom. The van der Waals surface area contributed by atoms with E-state index in [-0.39, 0.29) is 5.56 Å². The highest BCUT2D eigenvalue weighted by atomic mass is 19.3. The largest absolute Gasteiger partial charge is 0.453 e. The molecular formula is C20H17F2NO2. The summed E-state index contributed by atoms with van der Waals surface area (Å²) in [6, 6.07) is 21.4. The maximum atomic E-state index is 12.9. The molecular weight excluding hydrogens is 324 g/mol. The lowest BCUT2D eigenvalue weighted by Gasteiger charge is -2.16. The minimum Gasteiger partial charge on any atom is -0.453 e. The van der Waals surface area contributed by atoms with Gasteiger partial charge in [-0.2, -0.15) is 0 Å². The smallest absolute Gasteiger partial charge is 0.257 e. The van der Waals surface area contributed by atoms with Gasteiger partial charge in [0.15, 0.2) is 11.5 Å². The van der Waals surface area contributed by atoms with E-state index < -0.39 is 12.5 Å². The minimum atomic E-state index is -2.66. The summed E-state index contributed by atoms with van der Waals surface area (Å²) in [5.74, 6) is 1.93. The van der Waals surface area contributed by atoms with Crippen LogP contribution < -0.4 is 15.2 Å². The molecule has 128 valence electrons. The van der Waals surface area contributed by atoms with Crippen molar-refractivity contribution in [1.82, 2.24) is 0 Å². The third-order valence-corrected chi connectivity index (χ3v) is 3.57. The van der Waals surface area contributed by atoms with Gasteiger partial charge in [0.25, 0.3) is 6.43 Å². The number of rotatable bonds is 6. The molecule has 5 heteroatoms. The fourth-order valence-corrected chi connectivity index (χ4v) is 2.27. The molecule has 0 spiro atoms. The van der Waals surface area contributed by atoms with Crippen molar-refractivity contribution in [2.75, 3.05) is 0 Å². The summed E-state index contributed by atoms with van der Waals surface area (Å²) in [6.07, 6.45) is -2.66. The lowest BCUT2D eigenvalue weighted by atomic mass is 10.1. The van der Waals surface area contributed by atoms with Crippen LogP contribution in [0.4, 0.5) is 8.78 Å². The van der Waals surface area contributed by atoms with Crippen LogP contribution in [0, 0.1) is 0 Å². The van der Waals surface area contributed by atoms with Crippen molar-refractivity contribution in [3.05, 3.63) is 84.4 Å². The molecule has 0 bridgehead atoms. The number of para-hydroxylation sites is 2. The van der Waals surface area contributed by atoms with E-state index in [1.807, 2.05) is 36.4 Å². The van der Waals surface area contributed by atoms with Gasteiger partial charge in [0.2, 0.25) is 0 Å². The van der Waals surface area contributed by atoms with Gasteiger partial charge in [0.1, 0.15) is 11.5 Å². The molecule has 0 aliphatic rings. The highest BCUT2D eigenvalue weighted by molar-refractivity contribution is 5.48. The van der Waals surface area contributed by atoms with Gasteiger partial charge in [-0.05, 0) is 42.0 Å². The van der Waals surface area contributed by atoms with E-state index in [1.54, 1.807) is 30.3 Å². The Morgan fingerprint density at radius 1 is 0.680 bits per heavy atom. The van der Waals surface area contributed by atoms with Gasteiger partial charge >= 0.3 is 0 Å². The molecule has 0 aliphatic heterocycles. The van der Waals surface area contributed by atoms with Crippen LogP contribution in [0.1, 0.15) is 11.6 Å². The first-order chi connectivity index (χ1) is 12.1. The summed E-state index contributed by atoms with van der Waals surface area (Å²) < 4.78 is 37.5. The second-order valence-electron chi connectivity index (χ2n) is 5.40. The number of hydrogen-bond donors (Lipinski definition) is 1. The maximum absolute atomic E-state index is 12.9. The van der Waals surface area contributed by atoms with Crippen molar-refractivity contribution in [3.8, 4) is 23.0 Å². The zero-order valence-electron chi connectivity index (χ0n) is 13.3. The monoisotopic (exact) mass is 341 g/mol. The standard InChI is InChI=1S/C20H17F2NO2/c21-20(22)19(23)14-11-12-17(24-15-7-3-1-4-8-15)18(13-14)25-16-9-5-2-6-10-16/h1-13,19-20H,23H2/t19-/m0/s1. The van der Waals surface area contributed by atoms with E-state index in [0.29, 0.717) is 23.0 Å². The molecule has 25 heavy (non-hydrogen) atoms. The van der Waals surface area contributed by atoms with Gasteiger partial charge in [-0.25, -0.2) is 8.78 Å². The second-order valence-corrected chi connectivity index (χ2v) is 5.40. The van der Waals surface area contributed by atoms with Gasteiger partial charge in [-0.3, -0.25) is 0 Å². The first-order valence-electron chi connectivity index (χ1n) is 7.77. The van der Waals surface area contributed by atoms with Crippen LogP contribution in [-0.4, -0.2) is 6.43 Å². The summed E-state index contributed by atoms with van der Waals surface area (Å²) in [7, 11) is 0. The first kappa shape index (κ1) is 16.9. The van der Waals surface area contributed by atoms with Crippen LogP contribution in [-0.2, 0) is 0 Å². The minimum absolute atomic E-state index is 0.279. The molecule has 0 unspecified atom stereocenters. The van der Waals surface area contributed by atoms with Crippen molar-refractivity contribution in [3.63, 3.8) is 0 Å². The number of ether oxygens (including phenoxy) is 2. The normalized spacial score (nSPS) is 12.0. The zero-order chi connectivity index (χ0) is 17.6. The Bertz CT molecular complexity index is 810. The Kier molecular flexibility index (Phi) is 5.26. The van der Waals surface area contributed by atoms with Crippen LogP contribution in [0.15, 0.2) is 78.9 Å². The number of nitrogens with two attached hydrogens (primary N) is 1. The van der Waals surface area contributed by atoms with Crippen LogP contribution in [0.25, 0.3) is 0 Å². The van der Waals surface area contributed by atoms with Crippen LogP contribution in [0.5, 0.6) is 23.0 Å². The molecule has 0 radical (unpaired) electrons. The van der Waals surface area contributed by atoms with Gasteiger partial charge < -0.3 is 15.2 Å². The average Bonchev–Trinajstić information content (AvgIpc) is 2.64.